The molecule has 0 atom stereocenters. The topological polar surface area (TPSA) is 25.8 Å². The number of rotatable bonds is 2. The largest absolute Gasteiger partial charge is 0.232 e. The van der Waals surface area contributed by atoms with E-state index in [2.05, 4.69) is 25.9 Å². The second-order valence-electron chi connectivity index (χ2n) is 3.58. The lowest BCUT2D eigenvalue weighted by Crippen LogP contribution is -1.97. The van der Waals surface area contributed by atoms with Crippen molar-refractivity contribution in [2.45, 2.75) is 13.3 Å². The lowest BCUT2D eigenvalue weighted by molar-refractivity contribution is 0.991. The summed E-state index contributed by atoms with van der Waals surface area (Å²) < 4.78 is 0.723. The van der Waals surface area contributed by atoms with Crippen molar-refractivity contribution in [3.05, 3.63) is 43.6 Å². The van der Waals surface area contributed by atoms with Crippen molar-refractivity contribution in [1.29, 1.82) is 0 Å². The molecule has 0 amide bonds. The van der Waals surface area contributed by atoms with Gasteiger partial charge in [0.2, 0.25) is 0 Å². The molecule has 2 nitrogen and oxygen atoms in total. The zero-order valence-corrected chi connectivity index (χ0v) is 13.2. The van der Waals surface area contributed by atoms with Crippen LogP contribution in [0.3, 0.4) is 0 Å². The summed E-state index contributed by atoms with van der Waals surface area (Å²) in [6, 6.07) is 5.18. The van der Waals surface area contributed by atoms with Crippen molar-refractivity contribution >= 4 is 50.7 Å². The average molecular weight is 366 g/mol. The first-order chi connectivity index (χ1) is 8.52. The van der Waals surface area contributed by atoms with Crippen LogP contribution in [-0.4, -0.2) is 9.97 Å². The maximum Gasteiger partial charge on any atom is 0.162 e. The Kier molecular flexibility index (Phi) is 4.49. The second-order valence-corrected chi connectivity index (χ2v) is 5.57. The second kappa shape index (κ2) is 5.74. The molecule has 0 bridgehead atoms. The molecule has 0 saturated carbocycles. The summed E-state index contributed by atoms with van der Waals surface area (Å²) in [5.74, 6) is 0.502. The number of aryl methyl sites for hydroxylation is 1. The van der Waals surface area contributed by atoms with Gasteiger partial charge in [-0.2, -0.15) is 0 Å². The van der Waals surface area contributed by atoms with Crippen molar-refractivity contribution in [2.75, 3.05) is 0 Å². The van der Waals surface area contributed by atoms with E-state index in [-0.39, 0.29) is 0 Å². The molecule has 2 aromatic rings. The fourth-order valence-corrected chi connectivity index (χ4v) is 2.63. The van der Waals surface area contributed by atoms with Gasteiger partial charge < -0.3 is 0 Å². The first kappa shape index (κ1) is 14.1. The molecule has 0 aliphatic carbocycles. The molecular formula is C12H8BrCl3N2. The van der Waals surface area contributed by atoms with Gasteiger partial charge in [0, 0.05) is 10.6 Å². The van der Waals surface area contributed by atoms with Gasteiger partial charge in [0.1, 0.15) is 5.15 Å². The normalized spacial score (nSPS) is 10.7. The molecule has 2 rings (SSSR count). The van der Waals surface area contributed by atoms with Crippen LogP contribution in [0.4, 0.5) is 0 Å². The SMILES string of the molecule is CCc1nc(-c2ccc(Cl)cc2Cl)nc(Cl)c1Br. The molecular weight excluding hydrogens is 358 g/mol. The molecule has 0 fully saturated rings. The minimum Gasteiger partial charge on any atom is -0.232 e. The van der Waals surface area contributed by atoms with E-state index in [0.717, 1.165) is 16.6 Å². The molecule has 0 radical (unpaired) electrons. The molecule has 0 spiro atoms. The monoisotopic (exact) mass is 364 g/mol. The fraction of sp³-hybridized carbons (Fsp3) is 0.167. The number of hydrogen-bond acceptors (Lipinski definition) is 2. The van der Waals surface area contributed by atoms with E-state index in [4.69, 9.17) is 34.8 Å². The van der Waals surface area contributed by atoms with Crippen LogP contribution in [-0.2, 0) is 6.42 Å². The third-order valence-electron chi connectivity index (χ3n) is 2.39. The first-order valence-corrected chi connectivity index (χ1v) is 7.13. The number of hydrogen-bond donors (Lipinski definition) is 0. The van der Waals surface area contributed by atoms with Crippen LogP contribution in [0.15, 0.2) is 22.7 Å². The molecule has 0 saturated heterocycles. The van der Waals surface area contributed by atoms with Crippen molar-refractivity contribution in [3.63, 3.8) is 0 Å². The number of nitrogens with zero attached hydrogens (tertiary/aromatic N) is 2. The summed E-state index contributed by atoms with van der Waals surface area (Å²) in [7, 11) is 0. The van der Waals surface area contributed by atoms with Crippen LogP contribution in [0.1, 0.15) is 12.6 Å². The molecule has 1 heterocycles. The third-order valence-corrected chi connectivity index (χ3v) is 4.27. The summed E-state index contributed by atoms with van der Waals surface area (Å²) >= 11 is 21.4. The quantitative estimate of drug-likeness (QED) is 0.663. The molecule has 1 aromatic carbocycles. The lowest BCUT2D eigenvalue weighted by Gasteiger charge is -2.08. The van der Waals surface area contributed by atoms with Gasteiger partial charge in [-0.1, -0.05) is 41.7 Å². The van der Waals surface area contributed by atoms with Gasteiger partial charge in [-0.05, 0) is 40.5 Å². The molecule has 0 N–H and O–H groups in total. The van der Waals surface area contributed by atoms with Crippen molar-refractivity contribution in [3.8, 4) is 11.4 Å². The smallest absolute Gasteiger partial charge is 0.162 e. The van der Waals surface area contributed by atoms with Gasteiger partial charge in [-0.25, -0.2) is 9.97 Å². The van der Waals surface area contributed by atoms with Crippen LogP contribution in [0.2, 0.25) is 15.2 Å². The Morgan fingerprint density at radius 2 is 1.89 bits per heavy atom. The van der Waals surface area contributed by atoms with E-state index in [0.29, 0.717) is 26.6 Å². The van der Waals surface area contributed by atoms with Crippen molar-refractivity contribution in [2.24, 2.45) is 0 Å². The lowest BCUT2D eigenvalue weighted by atomic mass is 10.2. The minimum absolute atomic E-state index is 0.378. The Hall–Kier alpha value is -0.350. The summed E-state index contributed by atoms with van der Waals surface area (Å²) in [5.41, 5.74) is 1.56. The molecule has 94 valence electrons. The molecule has 18 heavy (non-hydrogen) atoms. The highest BCUT2D eigenvalue weighted by Crippen LogP contribution is 2.31. The van der Waals surface area contributed by atoms with Crippen LogP contribution in [0.5, 0.6) is 0 Å². The maximum atomic E-state index is 6.13. The fourth-order valence-electron chi connectivity index (χ4n) is 1.49. The predicted molar refractivity (Wildman–Crippen MR) is 79.6 cm³/mol. The van der Waals surface area contributed by atoms with Gasteiger partial charge in [0.25, 0.3) is 0 Å². The zero-order chi connectivity index (χ0) is 13.3. The molecule has 1 aromatic heterocycles. The van der Waals surface area contributed by atoms with E-state index in [9.17, 15) is 0 Å². The van der Waals surface area contributed by atoms with Crippen LogP contribution in [0, 0.1) is 0 Å². The van der Waals surface area contributed by atoms with Gasteiger partial charge in [-0.3, -0.25) is 0 Å². The molecule has 6 heteroatoms. The Balaban J connectivity index is 2.60. The van der Waals surface area contributed by atoms with E-state index < -0.39 is 0 Å². The van der Waals surface area contributed by atoms with Gasteiger partial charge in [-0.15, -0.1) is 0 Å². The molecule has 0 aliphatic heterocycles. The van der Waals surface area contributed by atoms with Crippen molar-refractivity contribution in [1.82, 2.24) is 9.97 Å². The molecule has 0 aliphatic rings. The summed E-state index contributed by atoms with van der Waals surface area (Å²) in [4.78, 5) is 8.66. The molecule has 0 unspecified atom stereocenters. The van der Waals surface area contributed by atoms with Gasteiger partial charge in [0.05, 0.1) is 15.2 Å². The standard InChI is InChI=1S/C12H8BrCl3N2/c1-2-9-10(13)11(16)18-12(17-9)7-4-3-6(14)5-8(7)15/h3-5H,2H2,1H3. The highest BCUT2D eigenvalue weighted by atomic mass is 79.9. The third kappa shape index (κ3) is 2.80. The van der Waals surface area contributed by atoms with Gasteiger partial charge >= 0.3 is 0 Å². The highest BCUT2D eigenvalue weighted by Gasteiger charge is 2.13. The predicted octanol–water partition coefficient (Wildman–Crippen LogP) is 5.43. The number of benzene rings is 1. The Morgan fingerprint density at radius 3 is 2.50 bits per heavy atom. The maximum absolute atomic E-state index is 6.13. The summed E-state index contributed by atoms with van der Waals surface area (Å²) in [5, 5.41) is 1.45. The van der Waals surface area contributed by atoms with E-state index in [1.165, 1.54) is 0 Å². The summed E-state index contributed by atoms with van der Waals surface area (Å²) in [6.07, 6.45) is 0.751. The Bertz CT molecular complexity index is 602. The van der Waals surface area contributed by atoms with E-state index in [1.54, 1.807) is 18.2 Å². The Morgan fingerprint density at radius 1 is 1.17 bits per heavy atom. The van der Waals surface area contributed by atoms with Crippen LogP contribution in [0.25, 0.3) is 11.4 Å². The van der Waals surface area contributed by atoms with Crippen LogP contribution >= 0.6 is 50.7 Å². The number of aromatic nitrogens is 2. The highest BCUT2D eigenvalue weighted by molar-refractivity contribution is 9.10. The van der Waals surface area contributed by atoms with Crippen LogP contribution < -0.4 is 0 Å². The average Bonchev–Trinajstić information content (AvgIpc) is 2.32. The first-order valence-electron chi connectivity index (χ1n) is 5.20. The summed E-state index contributed by atoms with van der Waals surface area (Å²) in [6.45, 7) is 2.00. The van der Waals surface area contributed by atoms with E-state index in [1.807, 2.05) is 6.92 Å². The van der Waals surface area contributed by atoms with Gasteiger partial charge in [0.15, 0.2) is 5.82 Å². The minimum atomic E-state index is 0.378. The van der Waals surface area contributed by atoms with E-state index >= 15 is 0 Å². The number of halogens is 4. The Labute approximate surface area is 128 Å². The van der Waals surface area contributed by atoms with Crippen molar-refractivity contribution < 1.29 is 0 Å². The zero-order valence-electron chi connectivity index (χ0n) is 9.35.